The molecule has 4 rings (SSSR count). The van der Waals surface area contributed by atoms with Crippen LogP contribution in [0.5, 0.6) is 11.5 Å². The molecule has 0 bridgehead atoms. The number of hydrogen-bond acceptors (Lipinski definition) is 6. The fourth-order valence-electron chi connectivity index (χ4n) is 3.29. The van der Waals surface area contributed by atoms with E-state index < -0.39 is 5.97 Å². The van der Waals surface area contributed by atoms with E-state index in [0.29, 0.717) is 54.5 Å². The van der Waals surface area contributed by atoms with E-state index in [1.165, 1.54) is 12.1 Å². The van der Waals surface area contributed by atoms with E-state index in [1.807, 2.05) is 6.92 Å². The van der Waals surface area contributed by atoms with Crippen molar-refractivity contribution in [2.24, 2.45) is 4.99 Å². The van der Waals surface area contributed by atoms with Gasteiger partial charge in [0.1, 0.15) is 6.61 Å². The number of carboxylic acids is 1. The lowest BCUT2D eigenvalue weighted by atomic mass is 10.1. The number of nitrogens with zero attached hydrogens (tertiary/aromatic N) is 1. The number of aromatic carboxylic acids is 1. The number of hydrogen-bond donors (Lipinski definition) is 2. The zero-order valence-electron chi connectivity index (χ0n) is 19.3. The first-order chi connectivity index (χ1) is 17.7. The van der Waals surface area contributed by atoms with Crippen LogP contribution in [0.15, 0.2) is 64.5 Å². The molecule has 37 heavy (non-hydrogen) atoms. The monoisotopic (exact) mass is 576 g/mol. The second-order valence-electron chi connectivity index (χ2n) is 7.61. The molecule has 11 heteroatoms. The van der Waals surface area contributed by atoms with Crippen molar-refractivity contribution in [2.45, 2.75) is 13.5 Å². The Morgan fingerprint density at radius 2 is 1.84 bits per heavy atom. The number of thioether (sulfide) groups is 1. The summed E-state index contributed by atoms with van der Waals surface area (Å²) in [6.45, 7) is 2.36. The van der Waals surface area contributed by atoms with Gasteiger partial charge in [0.25, 0.3) is 5.91 Å². The SMILES string of the molecule is CCOc1cc(/C=C2/SC(=Nc3cccc(Cl)c3Cl)NC2=O)cc(Cl)c1OCc1ccc(C(=O)O)cc1. The molecule has 0 saturated carbocycles. The standard InChI is InChI=1S/C26H19Cl3N2O5S/c1-2-35-20-11-15(10-18(28)23(20)36-13-14-6-8-16(9-7-14)25(33)34)12-21-24(32)31-26(37-21)30-19-5-3-4-17(27)22(19)29/h3-12H,2,13H2,1H3,(H,33,34)(H,30,31,32)/b21-12+. The molecule has 1 heterocycles. The number of rotatable bonds is 8. The third-order valence-electron chi connectivity index (χ3n) is 5.02. The van der Waals surface area contributed by atoms with E-state index in [9.17, 15) is 9.59 Å². The summed E-state index contributed by atoms with van der Waals surface area (Å²) in [4.78, 5) is 28.4. The fourth-order valence-corrected chi connectivity index (χ4v) is 4.74. The molecule has 1 amide bonds. The predicted octanol–water partition coefficient (Wildman–Crippen LogP) is 7.21. The minimum atomic E-state index is -1.00. The van der Waals surface area contributed by atoms with Crippen LogP contribution >= 0.6 is 46.6 Å². The lowest BCUT2D eigenvalue weighted by Crippen LogP contribution is -2.19. The molecule has 0 aromatic heterocycles. The van der Waals surface area contributed by atoms with Gasteiger partial charge >= 0.3 is 5.97 Å². The lowest BCUT2D eigenvalue weighted by Gasteiger charge is -2.15. The predicted molar refractivity (Wildman–Crippen MR) is 148 cm³/mol. The molecule has 0 aliphatic carbocycles. The Labute approximate surface area is 232 Å². The minimum Gasteiger partial charge on any atom is -0.490 e. The van der Waals surface area contributed by atoms with Gasteiger partial charge in [0.05, 0.1) is 37.8 Å². The van der Waals surface area contributed by atoms with Crippen LogP contribution in [-0.2, 0) is 11.4 Å². The Morgan fingerprint density at radius 1 is 1.08 bits per heavy atom. The molecular weight excluding hydrogens is 559 g/mol. The Morgan fingerprint density at radius 3 is 2.54 bits per heavy atom. The summed E-state index contributed by atoms with van der Waals surface area (Å²) in [6.07, 6.45) is 1.67. The lowest BCUT2D eigenvalue weighted by molar-refractivity contribution is -0.115. The number of amides is 1. The van der Waals surface area contributed by atoms with Crippen molar-refractivity contribution >= 4 is 75.4 Å². The van der Waals surface area contributed by atoms with E-state index in [4.69, 9.17) is 49.4 Å². The highest BCUT2D eigenvalue weighted by Crippen LogP contribution is 2.39. The van der Waals surface area contributed by atoms with Crippen LogP contribution in [0.3, 0.4) is 0 Å². The average molecular weight is 578 g/mol. The van der Waals surface area contributed by atoms with Crippen molar-refractivity contribution in [1.29, 1.82) is 0 Å². The summed E-state index contributed by atoms with van der Waals surface area (Å²) >= 11 is 19.9. The van der Waals surface area contributed by atoms with Gasteiger partial charge in [-0.05, 0) is 72.3 Å². The molecule has 190 valence electrons. The molecular formula is C26H19Cl3N2O5S. The number of carbonyl (C=O) groups is 2. The number of amidine groups is 1. The summed E-state index contributed by atoms with van der Waals surface area (Å²) in [5.41, 5.74) is 2.03. The topological polar surface area (TPSA) is 97.2 Å². The van der Waals surface area contributed by atoms with Gasteiger partial charge in [-0.25, -0.2) is 9.79 Å². The maximum atomic E-state index is 12.6. The normalized spacial score (nSPS) is 15.2. The summed E-state index contributed by atoms with van der Waals surface area (Å²) in [6, 6.07) is 14.8. The molecule has 1 fully saturated rings. The maximum absolute atomic E-state index is 12.6. The molecule has 1 aliphatic rings. The first-order valence-corrected chi connectivity index (χ1v) is 12.8. The van der Waals surface area contributed by atoms with Crippen LogP contribution in [0.1, 0.15) is 28.4 Å². The van der Waals surface area contributed by atoms with Gasteiger partial charge in [-0.1, -0.05) is 53.0 Å². The van der Waals surface area contributed by atoms with E-state index >= 15 is 0 Å². The summed E-state index contributed by atoms with van der Waals surface area (Å²) in [5.74, 6) is -0.568. The van der Waals surface area contributed by atoms with Gasteiger partial charge in [-0.2, -0.15) is 0 Å². The van der Waals surface area contributed by atoms with Crippen molar-refractivity contribution < 1.29 is 24.2 Å². The number of aliphatic imine (C=N–C) groups is 1. The van der Waals surface area contributed by atoms with Crippen molar-refractivity contribution in [3.05, 3.63) is 91.3 Å². The highest BCUT2D eigenvalue weighted by atomic mass is 35.5. The third kappa shape index (κ3) is 6.59. The quantitative estimate of drug-likeness (QED) is 0.275. The van der Waals surface area contributed by atoms with Gasteiger partial charge in [-0.15, -0.1) is 0 Å². The Bertz CT molecular complexity index is 1420. The molecule has 1 saturated heterocycles. The molecule has 2 N–H and O–H groups in total. The average Bonchev–Trinajstić information content (AvgIpc) is 3.20. The number of benzene rings is 3. The van der Waals surface area contributed by atoms with Crippen LogP contribution in [0.4, 0.5) is 5.69 Å². The van der Waals surface area contributed by atoms with Gasteiger partial charge < -0.3 is 19.9 Å². The first-order valence-electron chi connectivity index (χ1n) is 10.9. The number of nitrogens with one attached hydrogen (secondary N) is 1. The molecule has 3 aromatic carbocycles. The number of carboxylic acid groups (broad SMARTS) is 1. The summed E-state index contributed by atoms with van der Waals surface area (Å²) in [7, 11) is 0. The molecule has 1 aliphatic heterocycles. The van der Waals surface area contributed by atoms with Crippen LogP contribution in [0.2, 0.25) is 15.1 Å². The van der Waals surface area contributed by atoms with Gasteiger partial charge in [-0.3, -0.25) is 4.79 Å². The Hall–Kier alpha value is -3.17. The Balaban J connectivity index is 1.55. The van der Waals surface area contributed by atoms with Gasteiger partial charge in [0.2, 0.25) is 0 Å². The number of halogens is 3. The minimum absolute atomic E-state index is 0.157. The van der Waals surface area contributed by atoms with Crippen LogP contribution < -0.4 is 14.8 Å². The largest absolute Gasteiger partial charge is 0.490 e. The van der Waals surface area contributed by atoms with Crippen molar-refractivity contribution in [3.8, 4) is 11.5 Å². The molecule has 0 radical (unpaired) electrons. The molecule has 0 unspecified atom stereocenters. The molecule has 7 nitrogen and oxygen atoms in total. The van der Waals surface area contributed by atoms with Crippen LogP contribution in [0.25, 0.3) is 6.08 Å². The van der Waals surface area contributed by atoms with E-state index in [0.717, 1.165) is 17.3 Å². The number of carbonyl (C=O) groups excluding carboxylic acids is 1. The second kappa shape index (κ2) is 11.9. The highest BCUT2D eigenvalue weighted by molar-refractivity contribution is 8.18. The van der Waals surface area contributed by atoms with E-state index in [2.05, 4.69) is 10.3 Å². The zero-order valence-corrected chi connectivity index (χ0v) is 22.3. The van der Waals surface area contributed by atoms with E-state index in [1.54, 1.807) is 48.5 Å². The molecule has 0 atom stereocenters. The van der Waals surface area contributed by atoms with Gasteiger partial charge in [0, 0.05) is 0 Å². The smallest absolute Gasteiger partial charge is 0.335 e. The van der Waals surface area contributed by atoms with Crippen LogP contribution in [0, 0.1) is 0 Å². The molecule has 0 spiro atoms. The summed E-state index contributed by atoms with van der Waals surface area (Å²) < 4.78 is 11.6. The third-order valence-corrected chi connectivity index (χ3v) is 7.02. The highest BCUT2D eigenvalue weighted by Gasteiger charge is 2.25. The van der Waals surface area contributed by atoms with Crippen molar-refractivity contribution in [2.75, 3.05) is 6.61 Å². The van der Waals surface area contributed by atoms with Crippen LogP contribution in [-0.4, -0.2) is 28.8 Å². The first kappa shape index (κ1) is 26.9. The Kier molecular flexibility index (Phi) is 8.66. The maximum Gasteiger partial charge on any atom is 0.335 e. The van der Waals surface area contributed by atoms with Crippen molar-refractivity contribution in [3.63, 3.8) is 0 Å². The second-order valence-corrected chi connectivity index (χ2v) is 9.83. The van der Waals surface area contributed by atoms with Crippen molar-refractivity contribution in [1.82, 2.24) is 5.32 Å². The fraction of sp³-hybridized carbons (Fsp3) is 0.115. The summed E-state index contributed by atoms with van der Waals surface area (Å²) in [5, 5.41) is 13.1. The van der Waals surface area contributed by atoms with Gasteiger partial charge in [0.15, 0.2) is 16.7 Å². The zero-order chi connectivity index (χ0) is 26.5. The number of ether oxygens (including phenoxy) is 2. The molecule has 3 aromatic rings. The van der Waals surface area contributed by atoms with E-state index in [-0.39, 0.29) is 18.1 Å².